The minimum absolute atomic E-state index is 0.0376. The summed E-state index contributed by atoms with van der Waals surface area (Å²) in [5, 5.41) is 0. The summed E-state index contributed by atoms with van der Waals surface area (Å²) in [6, 6.07) is 0. The standard InChI is InChI=1S/C77H140NO8P/c1-6-8-10-12-14-16-18-20-22-24-26-28-30-32-34-35-36-37-38-39-40-41-42-44-45-47-49-51-53-55-57-59-61-63-65-67-69-76(79)83-73-75(74-85-87(81,82)84-72-71-78(3,4)5)86-77(80)70-68-66-64-62-60-58-56-54-52-50-48-46-43-33-31-29-27-25-23-21-19-17-15-13-11-9-7-2/h9,11,15,17,21,23,27,29,33,43,48,50,54,56,75H,6-8,10,12-14,16,18-20,22,24-26,28,30-32,34-42,44-47,49,51-53,55,57-74H2,1-5H3/b11-9-,17-15-,23-21-,29-27-,43-33-,50-48-,56-54-. The van der Waals surface area contributed by atoms with Crippen LogP contribution < -0.4 is 4.89 Å². The first-order chi connectivity index (χ1) is 42.5. The fourth-order valence-corrected chi connectivity index (χ4v) is 11.3. The van der Waals surface area contributed by atoms with Gasteiger partial charge in [0, 0.05) is 12.8 Å². The van der Waals surface area contributed by atoms with Gasteiger partial charge < -0.3 is 27.9 Å². The van der Waals surface area contributed by atoms with E-state index in [9.17, 15) is 19.0 Å². The van der Waals surface area contributed by atoms with Gasteiger partial charge in [0.2, 0.25) is 0 Å². The molecule has 0 aromatic rings. The topological polar surface area (TPSA) is 111 Å². The Kier molecular flexibility index (Phi) is 65.4. The maximum atomic E-state index is 12.9. The van der Waals surface area contributed by atoms with E-state index in [1.807, 2.05) is 21.1 Å². The Hall–Kier alpha value is -2.81. The summed E-state index contributed by atoms with van der Waals surface area (Å²) >= 11 is 0. The van der Waals surface area contributed by atoms with Gasteiger partial charge in [0.1, 0.15) is 19.8 Å². The molecule has 0 aromatic heterocycles. The number of nitrogens with zero attached hydrogens (tertiary/aromatic N) is 1. The quantitative estimate of drug-likeness (QED) is 0.0195. The second kappa shape index (κ2) is 67.6. The molecule has 0 aliphatic rings. The Labute approximate surface area is 539 Å². The summed E-state index contributed by atoms with van der Waals surface area (Å²) in [7, 11) is 1.15. The number of hydrogen-bond donors (Lipinski definition) is 0. The Morgan fingerprint density at radius 1 is 0.368 bits per heavy atom. The third-order valence-corrected chi connectivity index (χ3v) is 17.1. The first-order valence-corrected chi connectivity index (χ1v) is 38.3. The van der Waals surface area contributed by atoms with Crippen molar-refractivity contribution in [3.63, 3.8) is 0 Å². The highest BCUT2D eigenvalue weighted by Gasteiger charge is 2.22. The van der Waals surface area contributed by atoms with Crippen LogP contribution in [0.4, 0.5) is 0 Å². The monoisotopic (exact) mass is 1240 g/mol. The van der Waals surface area contributed by atoms with Crippen LogP contribution in [-0.4, -0.2) is 70.0 Å². The first kappa shape index (κ1) is 84.2. The van der Waals surface area contributed by atoms with Gasteiger partial charge in [-0.05, 0) is 70.6 Å². The van der Waals surface area contributed by atoms with Crippen molar-refractivity contribution >= 4 is 19.8 Å². The fourth-order valence-electron chi connectivity index (χ4n) is 10.6. The molecule has 0 radical (unpaired) electrons. The molecule has 506 valence electrons. The van der Waals surface area contributed by atoms with Crippen LogP contribution in [0.1, 0.15) is 341 Å². The van der Waals surface area contributed by atoms with Gasteiger partial charge >= 0.3 is 11.9 Å². The molecule has 0 fully saturated rings. The van der Waals surface area contributed by atoms with Crippen LogP contribution in [0.15, 0.2) is 85.1 Å². The van der Waals surface area contributed by atoms with Crippen molar-refractivity contribution in [3.05, 3.63) is 85.1 Å². The van der Waals surface area contributed by atoms with Crippen molar-refractivity contribution in [2.24, 2.45) is 0 Å². The average Bonchev–Trinajstić information content (AvgIpc) is 3.68. The minimum atomic E-state index is -4.65. The number of esters is 2. The molecule has 0 N–H and O–H groups in total. The molecule has 2 atom stereocenters. The number of phosphoric ester groups is 1. The highest BCUT2D eigenvalue weighted by Crippen LogP contribution is 2.38. The first-order valence-electron chi connectivity index (χ1n) is 36.8. The van der Waals surface area contributed by atoms with E-state index in [0.29, 0.717) is 17.4 Å². The molecule has 0 saturated heterocycles. The van der Waals surface area contributed by atoms with Crippen LogP contribution in [0.25, 0.3) is 0 Å². The van der Waals surface area contributed by atoms with E-state index in [1.165, 1.54) is 212 Å². The SMILES string of the molecule is CC/C=C\C/C=C\C/C=C\C/C=C\C/C=C\C/C=C\C/C=C\CCCCCCCC(=O)OC(COC(=O)CCCCCCCCCCCCCCCCCCCCCCCCCCCCCCCCCCCCCC)COP(=O)([O-])OCC[N+](C)(C)C. The zero-order valence-corrected chi connectivity index (χ0v) is 58.6. The van der Waals surface area contributed by atoms with Crippen LogP contribution in [-0.2, 0) is 32.7 Å². The lowest BCUT2D eigenvalue weighted by molar-refractivity contribution is -0.870. The normalized spacial score (nSPS) is 13.6. The van der Waals surface area contributed by atoms with Gasteiger partial charge in [-0.3, -0.25) is 14.2 Å². The van der Waals surface area contributed by atoms with Gasteiger partial charge in [-0.25, -0.2) is 0 Å². The third kappa shape index (κ3) is 72.1. The Balaban J connectivity index is 4.01. The number of phosphoric acid groups is 1. The molecule has 0 rings (SSSR count). The molecule has 9 nitrogen and oxygen atoms in total. The number of carbonyl (C=O) groups is 2. The Morgan fingerprint density at radius 3 is 0.977 bits per heavy atom. The number of rotatable bonds is 68. The van der Waals surface area contributed by atoms with Gasteiger partial charge in [-0.1, -0.05) is 343 Å². The summed E-state index contributed by atoms with van der Waals surface area (Å²) in [5.74, 6) is -0.847. The molecule has 0 saturated carbocycles. The van der Waals surface area contributed by atoms with Crippen molar-refractivity contribution in [2.75, 3.05) is 47.5 Å². The highest BCUT2D eigenvalue weighted by atomic mass is 31.2. The molecule has 0 bridgehead atoms. The minimum Gasteiger partial charge on any atom is -0.756 e. The predicted octanol–water partition coefficient (Wildman–Crippen LogP) is 23.5. The summed E-state index contributed by atoms with van der Waals surface area (Å²) < 4.78 is 34.3. The van der Waals surface area contributed by atoms with Crippen LogP contribution in [0.2, 0.25) is 0 Å². The van der Waals surface area contributed by atoms with Crippen LogP contribution in [0.5, 0.6) is 0 Å². The van der Waals surface area contributed by atoms with E-state index < -0.39 is 26.5 Å². The van der Waals surface area contributed by atoms with Crippen molar-refractivity contribution in [3.8, 4) is 0 Å². The lowest BCUT2D eigenvalue weighted by atomic mass is 10.0. The molecule has 0 aliphatic carbocycles. The number of ether oxygens (including phenoxy) is 2. The maximum Gasteiger partial charge on any atom is 0.306 e. The van der Waals surface area contributed by atoms with E-state index in [-0.39, 0.29) is 32.0 Å². The smallest absolute Gasteiger partial charge is 0.306 e. The largest absolute Gasteiger partial charge is 0.756 e. The molecule has 0 spiro atoms. The van der Waals surface area contributed by atoms with Crippen molar-refractivity contribution in [2.45, 2.75) is 347 Å². The number of likely N-dealkylation sites (N-methyl/N-ethyl adjacent to an activating group) is 1. The van der Waals surface area contributed by atoms with E-state index >= 15 is 0 Å². The number of quaternary nitrogens is 1. The molecule has 0 aliphatic heterocycles. The predicted molar refractivity (Wildman–Crippen MR) is 374 cm³/mol. The number of allylic oxidation sites excluding steroid dienone is 14. The molecule has 87 heavy (non-hydrogen) atoms. The number of unbranched alkanes of at least 4 members (excludes halogenated alkanes) is 40. The molecular formula is C77H140NO8P. The van der Waals surface area contributed by atoms with Gasteiger partial charge in [-0.2, -0.15) is 0 Å². The van der Waals surface area contributed by atoms with E-state index in [1.54, 1.807) is 0 Å². The van der Waals surface area contributed by atoms with E-state index in [2.05, 4.69) is 98.9 Å². The molecule has 0 amide bonds. The Bertz CT molecular complexity index is 1740. The zero-order chi connectivity index (χ0) is 63.4. The lowest BCUT2D eigenvalue weighted by Crippen LogP contribution is -2.37. The van der Waals surface area contributed by atoms with Gasteiger partial charge in [0.25, 0.3) is 7.82 Å². The number of hydrogen-bond acceptors (Lipinski definition) is 8. The van der Waals surface area contributed by atoms with Crippen LogP contribution >= 0.6 is 7.82 Å². The summed E-state index contributed by atoms with van der Waals surface area (Å²) in [4.78, 5) is 38.1. The third-order valence-electron chi connectivity index (χ3n) is 16.2. The molecular weight excluding hydrogens is 1100 g/mol. The van der Waals surface area contributed by atoms with Crippen LogP contribution in [0, 0.1) is 0 Å². The summed E-state index contributed by atoms with van der Waals surface area (Å²) in [6.07, 6.45) is 92.6. The second-order valence-corrected chi connectivity index (χ2v) is 27.3. The van der Waals surface area contributed by atoms with Gasteiger partial charge in [0.15, 0.2) is 6.10 Å². The molecule has 0 heterocycles. The Morgan fingerprint density at radius 2 is 0.655 bits per heavy atom. The van der Waals surface area contributed by atoms with Crippen molar-refractivity contribution in [1.82, 2.24) is 0 Å². The fraction of sp³-hybridized carbons (Fsp3) is 0.792. The van der Waals surface area contributed by atoms with Gasteiger partial charge in [0.05, 0.1) is 27.7 Å². The molecule has 10 heteroatoms. The van der Waals surface area contributed by atoms with E-state index in [0.717, 1.165) is 96.3 Å². The summed E-state index contributed by atoms with van der Waals surface area (Å²) in [5.41, 5.74) is 0. The highest BCUT2D eigenvalue weighted by molar-refractivity contribution is 7.45. The average molecular weight is 1240 g/mol. The maximum absolute atomic E-state index is 12.9. The number of carbonyl (C=O) groups excluding carboxylic acids is 2. The van der Waals surface area contributed by atoms with Crippen molar-refractivity contribution in [1.29, 1.82) is 0 Å². The summed E-state index contributed by atoms with van der Waals surface area (Å²) in [6.45, 7) is 4.14. The lowest BCUT2D eigenvalue weighted by Gasteiger charge is -2.28. The van der Waals surface area contributed by atoms with Gasteiger partial charge in [-0.15, -0.1) is 0 Å². The molecule has 2 unspecified atom stereocenters. The molecule has 0 aromatic carbocycles. The van der Waals surface area contributed by atoms with Crippen LogP contribution in [0.3, 0.4) is 0 Å². The second-order valence-electron chi connectivity index (χ2n) is 25.9. The van der Waals surface area contributed by atoms with E-state index in [4.69, 9.17) is 18.5 Å². The van der Waals surface area contributed by atoms with Crippen molar-refractivity contribution < 1.29 is 42.1 Å². The zero-order valence-electron chi connectivity index (χ0n) is 57.7.